The molecule has 2 fully saturated rings. The summed E-state index contributed by atoms with van der Waals surface area (Å²) in [5.41, 5.74) is 6.98. The van der Waals surface area contributed by atoms with Crippen LogP contribution in [0.5, 0.6) is 0 Å². The van der Waals surface area contributed by atoms with Crippen LogP contribution >= 0.6 is 22.6 Å². The quantitative estimate of drug-likeness (QED) is 0.781. The van der Waals surface area contributed by atoms with Gasteiger partial charge in [0.15, 0.2) is 0 Å². The number of halogens is 1. The Bertz CT molecular complexity index is 674. The molecule has 2 heterocycles. The van der Waals surface area contributed by atoms with Gasteiger partial charge in [0, 0.05) is 22.4 Å². The van der Waals surface area contributed by atoms with E-state index in [1.807, 2.05) is 0 Å². The molecule has 2 saturated carbocycles. The van der Waals surface area contributed by atoms with Gasteiger partial charge in [-0.1, -0.05) is 0 Å². The number of nitrogens with two attached hydrogens (primary N) is 1. The number of aromatic nitrogens is 3. The van der Waals surface area contributed by atoms with Crippen LogP contribution in [0.25, 0.3) is 11.0 Å². The molecule has 2 aliphatic rings. The van der Waals surface area contributed by atoms with Crippen molar-refractivity contribution in [1.29, 1.82) is 0 Å². The second-order valence-corrected chi connectivity index (χ2v) is 7.71. The smallest absolute Gasteiger partial charge is 0.146 e. The van der Waals surface area contributed by atoms with E-state index in [0.29, 0.717) is 18.0 Å². The van der Waals surface area contributed by atoms with Crippen LogP contribution in [0.15, 0.2) is 12.5 Å². The first-order valence-corrected chi connectivity index (χ1v) is 9.18. The number of nitrogen functional groups attached to an aromatic ring is 1. The molecule has 0 saturated heterocycles. The number of nitrogens with zero attached hydrogens (tertiary/aromatic N) is 3. The minimum absolute atomic E-state index is 0.456. The first-order valence-electron chi connectivity index (χ1n) is 8.10. The Morgan fingerprint density at radius 1 is 1.18 bits per heavy atom. The third-order valence-corrected chi connectivity index (χ3v) is 5.71. The van der Waals surface area contributed by atoms with Gasteiger partial charge in [-0.25, -0.2) is 9.97 Å². The summed E-state index contributed by atoms with van der Waals surface area (Å²) in [6.45, 7) is 0.976. The largest absolute Gasteiger partial charge is 0.383 e. The Hall–Kier alpha value is -0.890. The molecule has 118 valence electrons. The zero-order valence-corrected chi connectivity index (χ0v) is 14.7. The van der Waals surface area contributed by atoms with Gasteiger partial charge in [-0.15, -0.1) is 0 Å². The van der Waals surface area contributed by atoms with Gasteiger partial charge in [-0.05, 0) is 67.0 Å². The molecule has 2 aromatic rings. The van der Waals surface area contributed by atoms with Crippen LogP contribution in [-0.4, -0.2) is 27.2 Å². The van der Waals surface area contributed by atoms with Crippen molar-refractivity contribution in [1.82, 2.24) is 14.5 Å². The van der Waals surface area contributed by atoms with Crippen LogP contribution in [-0.2, 0) is 4.74 Å². The lowest BCUT2D eigenvalue weighted by Gasteiger charge is -2.29. The first kappa shape index (κ1) is 14.7. The molecule has 0 amide bonds. The number of rotatable bonds is 4. The van der Waals surface area contributed by atoms with E-state index in [1.54, 1.807) is 6.33 Å². The van der Waals surface area contributed by atoms with Crippen LogP contribution in [0.2, 0.25) is 0 Å². The Morgan fingerprint density at radius 3 is 2.68 bits per heavy atom. The molecule has 2 N–H and O–H groups in total. The predicted molar refractivity (Wildman–Crippen MR) is 94.6 cm³/mol. The topological polar surface area (TPSA) is 66.0 Å². The second-order valence-electron chi connectivity index (χ2n) is 6.55. The standard InChI is InChI=1S/C16H21IN4O/c17-13-7-21(16-14(13)15(18)19-9-20-16)11-3-5-12(6-4-11)22-8-10-1-2-10/h7,9-12H,1-6,8H2,(H2,18,19,20)/t11-,12-. The van der Waals surface area contributed by atoms with Crippen molar-refractivity contribution >= 4 is 39.4 Å². The second kappa shape index (κ2) is 5.96. The van der Waals surface area contributed by atoms with Crippen molar-refractivity contribution in [3.05, 3.63) is 16.1 Å². The summed E-state index contributed by atoms with van der Waals surface area (Å²) in [5.74, 6) is 1.43. The number of hydrogen-bond acceptors (Lipinski definition) is 4. The van der Waals surface area contributed by atoms with E-state index >= 15 is 0 Å². The highest BCUT2D eigenvalue weighted by Crippen LogP contribution is 2.36. The fourth-order valence-corrected chi connectivity index (χ4v) is 4.20. The molecule has 2 aromatic heterocycles. The summed E-state index contributed by atoms with van der Waals surface area (Å²) in [6, 6.07) is 0.501. The van der Waals surface area contributed by atoms with Crippen molar-refractivity contribution in [2.24, 2.45) is 5.92 Å². The Labute approximate surface area is 143 Å². The lowest BCUT2D eigenvalue weighted by molar-refractivity contribution is 0.0140. The van der Waals surface area contributed by atoms with E-state index in [4.69, 9.17) is 10.5 Å². The maximum absolute atomic E-state index is 6.05. The van der Waals surface area contributed by atoms with Gasteiger partial charge in [0.2, 0.25) is 0 Å². The number of anilines is 1. The van der Waals surface area contributed by atoms with Crippen molar-refractivity contribution in [2.75, 3.05) is 12.3 Å². The van der Waals surface area contributed by atoms with E-state index < -0.39 is 0 Å². The monoisotopic (exact) mass is 412 g/mol. The highest BCUT2D eigenvalue weighted by atomic mass is 127. The van der Waals surface area contributed by atoms with E-state index in [9.17, 15) is 0 Å². The molecule has 0 radical (unpaired) electrons. The van der Waals surface area contributed by atoms with Crippen LogP contribution in [0.1, 0.15) is 44.6 Å². The third-order valence-electron chi connectivity index (χ3n) is 4.89. The predicted octanol–water partition coefficient (Wildman–Crippen LogP) is 3.53. The molecule has 0 bridgehead atoms. The van der Waals surface area contributed by atoms with E-state index in [0.717, 1.165) is 52.8 Å². The minimum atomic E-state index is 0.456. The Balaban J connectivity index is 1.48. The normalized spacial score (nSPS) is 25.7. The molecule has 22 heavy (non-hydrogen) atoms. The molecule has 0 aromatic carbocycles. The van der Waals surface area contributed by atoms with Crippen molar-refractivity contribution in [2.45, 2.75) is 50.7 Å². The van der Waals surface area contributed by atoms with E-state index in [-0.39, 0.29) is 0 Å². The fraction of sp³-hybridized carbons (Fsp3) is 0.625. The van der Waals surface area contributed by atoms with Crippen molar-refractivity contribution in [3.8, 4) is 0 Å². The van der Waals surface area contributed by atoms with Crippen LogP contribution < -0.4 is 5.73 Å². The van der Waals surface area contributed by atoms with Gasteiger partial charge < -0.3 is 15.0 Å². The number of fused-ring (bicyclic) bond motifs is 1. The average Bonchev–Trinajstić information content (AvgIpc) is 3.29. The molecular weight excluding hydrogens is 391 g/mol. The molecule has 2 aliphatic carbocycles. The SMILES string of the molecule is Nc1ncnc2c1c(I)cn2[C@H]1CC[C@H](OCC2CC2)CC1. The highest BCUT2D eigenvalue weighted by Gasteiger charge is 2.27. The van der Waals surface area contributed by atoms with Gasteiger partial charge in [0.1, 0.15) is 17.8 Å². The summed E-state index contributed by atoms with van der Waals surface area (Å²) < 4.78 is 9.48. The summed E-state index contributed by atoms with van der Waals surface area (Å²) in [4.78, 5) is 8.57. The summed E-state index contributed by atoms with van der Waals surface area (Å²) >= 11 is 2.33. The Kier molecular flexibility index (Phi) is 3.98. The van der Waals surface area contributed by atoms with Crippen LogP contribution in [0.3, 0.4) is 0 Å². The molecule has 0 spiro atoms. The summed E-state index contributed by atoms with van der Waals surface area (Å²) in [6.07, 6.45) is 11.5. The van der Waals surface area contributed by atoms with Crippen LogP contribution in [0, 0.1) is 9.49 Å². The maximum atomic E-state index is 6.05. The highest BCUT2D eigenvalue weighted by molar-refractivity contribution is 14.1. The molecule has 0 aliphatic heterocycles. The van der Waals surface area contributed by atoms with Gasteiger partial charge in [-0.3, -0.25) is 0 Å². The van der Waals surface area contributed by atoms with E-state index in [2.05, 4.69) is 43.3 Å². The zero-order chi connectivity index (χ0) is 15.1. The van der Waals surface area contributed by atoms with Gasteiger partial charge in [0.25, 0.3) is 0 Å². The molecular formula is C16H21IN4O. The Morgan fingerprint density at radius 2 is 1.95 bits per heavy atom. The van der Waals surface area contributed by atoms with Crippen molar-refractivity contribution < 1.29 is 4.74 Å². The maximum Gasteiger partial charge on any atom is 0.146 e. The number of hydrogen-bond donors (Lipinski definition) is 1. The number of ether oxygens (including phenoxy) is 1. The van der Waals surface area contributed by atoms with E-state index in [1.165, 1.54) is 12.8 Å². The first-order chi connectivity index (χ1) is 10.7. The summed E-state index contributed by atoms with van der Waals surface area (Å²) in [5, 5.41) is 0.996. The summed E-state index contributed by atoms with van der Waals surface area (Å²) in [7, 11) is 0. The van der Waals surface area contributed by atoms with Gasteiger partial charge in [-0.2, -0.15) is 0 Å². The lowest BCUT2D eigenvalue weighted by atomic mass is 9.93. The molecule has 5 nitrogen and oxygen atoms in total. The van der Waals surface area contributed by atoms with Gasteiger partial charge >= 0.3 is 0 Å². The average molecular weight is 412 g/mol. The molecule has 4 rings (SSSR count). The van der Waals surface area contributed by atoms with Gasteiger partial charge in [0.05, 0.1) is 11.5 Å². The zero-order valence-electron chi connectivity index (χ0n) is 12.5. The lowest BCUT2D eigenvalue weighted by Crippen LogP contribution is -2.24. The minimum Gasteiger partial charge on any atom is -0.383 e. The molecule has 0 unspecified atom stereocenters. The molecule has 0 atom stereocenters. The molecule has 6 heteroatoms. The fourth-order valence-electron chi connectivity index (χ4n) is 3.39. The van der Waals surface area contributed by atoms with Crippen LogP contribution in [0.4, 0.5) is 5.82 Å². The van der Waals surface area contributed by atoms with Crippen molar-refractivity contribution in [3.63, 3.8) is 0 Å². The third kappa shape index (κ3) is 2.82.